The predicted octanol–water partition coefficient (Wildman–Crippen LogP) is 2.47. The second-order valence-corrected chi connectivity index (χ2v) is 3.87. The number of nitrogen functional groups attached to an aromatic ring is 1. The van der Waals surface area contributed by atoms with Crippen LogP contribution in [0.3, 0.4) is 0 Å². The summed E-state index contributed by atoms with van der Waals surface area (Å²) in [4.78, 5) is 4.44. The third-order valence-electron chi connectivity index (χ3n) is 2.79. The molecule has 0 bridgehead atoms. The second kappa shape index (κ2) is 5.30. The van der Waals surface area contributed by atoms with Crippen molar-refractivity contribution in [3.05, 3.63) is 47.5 Å². The molecule has 0 atom stereocenters. The Kier molecular flexibility index (Phi) is 3.56. The number of nitrogens with zero attached hydrogens (tertiary/aromatic N) is 2. The Hall–Kier alpha value is -2.38. The van der Waals surface area contributed by atoms with E-state index in [1.807, 2.05) is 43.3 Å². The summed E-state index contributed by atoms with van der Waals surface area (Å²) in [5.74, 6) is 5.81. The highest BCUT2D eigenvalue weighted by atomic mass is 15.2. The topological polar surface area (TPSA) is 74.7 Å². The zero-order chi connectivity index (χ0) is 13.0. The van der Waals surface area contributed by atoms with Gasteiger partial charge in [0.1, 0.15) is 6.07 Å². The molecule has 0 amide bonds. The number of nitrogens with one attached hydrogen (secondary N) is 1. The SMILES string of the molecule is CCc1cc(C#N)c(NN)nc1-c1ccccc1. The number of aromatic nitrogens is 1. The van der Waals surface area contributed by atoms with Gasteiger partial charge in [0.2, 0.25) is 0 Å². The lowest BCUT2D eigenvalue weighted by Crippen LogP contribution is -2.11. The second-order valence-electron chi connectivity index (χ2n) is 3.87. The van der Waals surface area contributed by atoms with Crippen LogP contribution in [-0.4, -0.2) is 4.98 Å². The third kappa shape index (κ3) is 2.17. The van der Waals surface area contributed by atoms with Gasteiger partial charge in [0, 0.05) is 5.56 Å². The molecule has 4 heteroatoms. The summed E-state index contributed by atoms with van der Waals surface area (Å²) in [6.45, 7) is 2.04. The lowest BCUT2D eigenvalue weighted by atomic mass is 10.0. The van der Waals surface area contributed by atoms with Crippen molar-refractivity contribution < 1.29 is 0 Å². The number of hydrogen-bond acceptors (Lipinski definition) is 4. The van der Waals surface area contributed by atoms with Crippen LogP contribution in [0.2, 0.25) is 0 Å². The highest BCUT2D eigenvalue weighted by molar-refractivity contribution is 5.68. The molecule has 0 fully saturated rings. The number of aryl methyl sites for hydroxylation is 1. The smallest absolute Gasteiger partial charge is 0.158 e. The highest BCUT2D eigenvalue weighted by Gasteiger charge is 2.11. The minimum absolute atomic E-state index is 0.411. The van der Waals surface area contributed by atoms with Gasteiger partial charge in [-0.05, 0) is 18.1 Å². The molecule has 2 rings (SSSR count). The molecule has 0 saturated heterocycles. The van der Waals surface area contributed by atoms with Crippen molar-refractivity contribution in [3.8, 4) is 17.3 Å². The average molecular weight is 238 g/mol. The van der Waals surface area contributed by atoms with Crippen molar-refractivity contribution in [1.29, 1.82) is 5.26 Å². The summed E-state index contributed by atoms with van der Waals surface area (Å²) in [7, 11) is 0. The third-order valence-corrected chi connectivity index (χ3v) is 2.79. The van der Waals surface area contributed by atoms with E-state index in [1.165, 1.54) is 0 Å². The number of nitriles is 1. The summed E-state index contributed by atoms with van der Waals surface area (Å²) < 4.78 is 0. The zero-order valence-electron chi connectivity index (χ0n) is 10.1. The Morgan fingerprint density at radius 2 is 2.06 bits per heavy atom. The van der Waals surface area contributed by atoms with Crippen molar-refractivity contribution in [2.24, 2.45) is 5.84 Å². The van der Waals surface area contributed by atoms with Crippen LogP contribution < -0.4 is 11.3 Å². The fraction of sp³-hybridized carbons (Fsp3) is 0.143. The standard InChI is InChI=1S/C14H14N4/c1-2-10-8-12(9-15)14(18-16)17-13(10)11-6-4-3-5-7-11/h3-8H,2,16H2,1H3,(H,17,18). The van der Waals surface area contributed by atoms with Crippen molar-refractivity contribution in [2.75, 3.05) is 5.43 Å². The van der Waals surface area contributed by atoms with E-state index < -0.39 is 0 Å². The first kappa shape index (κ1) is 12.1. The number of anilines is 1. The first-order valence-electron chi connectivity index (χ1n) is 5.76. The quantitative estimate of drug-likeness (QED) is 0.636. The van der Waals surface area contributed by atoms with Gasteiger partial charge >= 0.3 is 0 Å². The maximum Gasteiger partial charge on any atom is 0.158 e. The number of nitrogens with two attached hydrogens (primary N) is 1. The fourth-order valence-electron chi connectivity index (χ4n) is 1.87. The zero-order valence-corrected chi connectivity index (χ0v) is 10.1. The fourth-order valence-corrected chi connectivity index (χ4v) is 1.87. The van der Waals surface area contributed by atoms with Crippen molar-refractivity contribution in [1.82, 2.24) is 4.98 Å². The largest absolute Gasteiger partial charge is 0.307 e. The molecule has 0 radical (unpaired) electrons. The summed E-state index contributed by atoms with van der Waals surface area (Å²) in [6, 6.07) is 13.8. The number of benzene rings is 1. The molecule has 4 nitrogen and oxygen atoms in total. The van der Waals surface area contributed by atoms with E-state index in [4.69, 9.17) is 11.1 Å². The summed E-state index contributed by atoms with van der Waals surface area (Å²) >= 11 is 0. The van der Waals surface area contributed by atoms with Gasteiger partial charge in [0.25, 0.3) is 0 Å². The van der Waals surface area contributed by atoms with E-state index in [0.29, 0.717) is 11.4 Å². The van der Waals surface area contributed by atoms with Crippen LogP contribution in [0.4, 0.5) is 5.82 Å². The lowest BCUT2D eigenvalue weighted by molar-refractivity contribution is 1.09. The van der Waals surface area contributed by atoms with E-state index in [1.54, 1.807) is 0 Å². The van der Waals surface area contributed by atoms with E-state index in [9.17, 15) is 0 Å². The number of hydrogen-bond donors (Lipinski definition) is 2. The molecule has 1 aromatic heterocycles. The molecule has 1 aromatic carbocycles. The van der Waals surface area contributed by atoms with Crippen LogP contribution in [0.5, 0.6) is 0 Å². The Morgan fingerprint density at radius 3 is 2.61 bits per heavy atom. The van der Waals surface area contributed by atoms with Gasteiger partial charge in [-0.15, -0.1) is 0 Å². The van der Waals surface area contributed by atoms with Gasteiger partial charge < -0.3 is 5.43 Å². The molecule has 1 heterocycles. The highest BCUT2D eigenvalue weighted by Crippen LogP contribution is 2.26. The molecular weight excluding hydrogens is 224 g/mol. The minimum atomic E-state index is 0.411. The number of hydrazine groups is 1. The van der Waals surface area contributed by atoms with E-state index in [2.05, 4.69) is 16.5 Å². The van der Waals surface area contributed by atoms with Crippen LogP contribution in [0.25, 0.3) is 11.3 Å². The van der Waals surface area contributed by atoms with Crippen LogP contribution in [0.1, 0.15) is 18.1 Å². The van der Waals surface area contributed by atoms with Crippen LogP contribution in [0.15, 0.2) is 36.4 Å². The molecule has 0 spiro atoms. The van der Waals surface area contributed by atoms with Crippen LogP contribution in [-0.2, 0) is 6.42 Å². The Bertz CT molecular complexity index is 585. The van der Waals surface area contributed by atoms with Gasteiger partial charge in [0.05, 0.1) is 11.3 Å². The summed E-state index contributed by atoms with van der Waals surface area (Å²) in [5.41, 5.74) is 5.87. The van der Waals surface area contributed by atoms with Gasteiger partial charge in [-0.25, -0.2) is 10.8 Å². The normalized spacial score (nSPS) is 9.83. The van der Waals surface area contributed by atoms with Gasteiger partial charge in [-0.2, -0.15) is 5.26 Å². The average Bonchev–Trinajstić information content (AvgIpc) is 2.46. The Balaban J connectivity index is 2.64. The van der Waals surface area contributed by atoms with E-state index >= 15 is 0 Å². The summed E-state index contributed by atoms with van der Waals surface area (Å²) in [5, 5.41) is 9.05. The number of rotatable bonds is 3. The van der Waals surface area contributed by atoms with E-state index in [0.717, 1.165) is 23.2 Å². The Labute approximate surface area is 106 Å². The van der Waals surface area contributed by atoms with Crippen LogP contribution in [0, 0.1) is 11.3 Å². The monoisotopic (exact) mass is 238 g/mol. The molecule has 3 N–H and O–H groups in total. The lowest BCUT2D eigenvalue weighted by Gasteiger charge is -2.11. The molecular formula is C14H14N4. The maximum atomic E-state index is 9.05. The summed E-state index contributed by atoms with van der Waals surface area (Å²) in [6.07, 6.45) is 0.816. The molecule has 0 aliphatic rings. The van der Waals surface area contributed by atoms with Gasteiger partial charge in [-0.1, -0.05) is 37.3 Å². The van der Waals surface area contributed by atoms with Gasteiger partial charge in [-0.3, -0.25) is 0 Å². The maximum absolute atomic E-state index is 9.05. The first-order chi connectivity index (χ1) is 8.80. The minimum Gasteiger partial charge on any atom is -0.307 e. The number of pyridine rings is 1. The molecule has 18 heavy (non-hydrogen) atoms. The molecule has 90 valence electrons. The molecule has 0 unspecified atom stereocenters. The van der Waals surface area contributed by atoms with Crippen molar-refractivity contribution in [3.63, 3.8) is 0 Å². The molecule has 0 aliphatic heterocycles. The van der Waals surface area contributed by atoms with Crippen molar-refractivity contribution >= 4 is 5.82 Å². The Morgan fingerprint density at radius 1 is 1.33 bits per heavy atom. The first-order valence-corrected chi connectivity index (χ1v) is 5.76. The predicted molar refractivity (Wildman–Crippen MR) is 71.6 cm³/mol. The van der Waals surface area contributed by atoms with Crippen LogP contribution >= 0.6 is 0 Å². The molecule has 0 aliphatic carbocycles. The van der Waals surface area contributed by atoms with Gasteiger partial charge in [0.15, 0.2) is 5.82 Å². The van der Waals surface area contributed by atoms with E-state index in [-0.39, 0.29) is 0 Å². The van der Waals surface area contributed by atoms with Crippen molar-refractivity contribution in [2.45, 2.75) is 13.3 Å². The molecule has 0 saturated carbocycles. The molecule has 2 aromatic rings.